The summed E-state index contributed by atoms with van der Waals surface area (Å²) < 4.78 is 2.24. The van der Waals surface area contributed by atoms with Crippen LogP contribution in [0.4, 0.5) is 5.69 Å². The van der Waals surface area contributed by atoms with E-state index in [4.69, 9.17) is 11.6 Å². The predicted octanol–water partition coefficient (Wildman–Crippen LogP) is 4.65. The highest BCUT2D eigenvalue weighted by molar-refractivity contribution is 6.30. The number of fused-ring (bicyclic) bond motifs is 3. The topological polar surface area (TPSA) is 17.0 Å². The lowest BCUT2D eigenvalue weighted by molar-refractivity contribution is 0.810. The molecule has 2 aromatic carbocycles. The third-order valence-electron chi connectivity index (χ3n) is 3.74. The van der Waals surface area contributed by atoms with E-state index in [1.54, 1.807) is 0 Å². The van der Waals surface area contributed by atoms with Crippen molar-refractivity contribution < 1.29 is 0 Å². The number of nitrogens with one attached hydrogen (secondary N) is 1. The summed E-state index contributed by atoms with van der Waals surface area (Å²) in [6.45, 7) is 0. The van der Waals surface area contributed by atoms with Crippen molar-refractivity contribution in [1.29, 1.82) is 0 Å². The van der Waals surface area contributed by atoms with E-state index in [0.717, 1.165) is 10.7 Å². The lowest BCUT2D eigenvalue weighted by Gasteiger charge is -2.29. The number of nitrogens with zero attached hydrogens (tertiary/aromatic N) is 1. The van der Waals surface area contributed by atoms with Crippen molar-refractivity contribution in [3.63, 3.8) is 0 Å². The number of halogens is 1. The van der Waals surface area contributed by atoms with Crippen LogP contribution in [0.3, 0.4) is 0 Å². The van der Waals surface area contributed by atoms with Gasteiger partial charge in [0.25, 0.3) is 0 Å². The van der Waals surface area contributed by atoms with Gasteiger partial charge in [-0.2, -0.15) is 0 Å². The highest BCUT2D eigenvalue weighted by atomic mass is 35.5. The van der Waals surface area contributed by atoms with Crippen LogP contribution in [0.5, 0.6) is 0 Å². The molecule has 2 nitrogen and oxygen atoms in total. The fraction of sp³-hybridized carbons (Fsp3) is 0.0588. The van der Waals surface area contributed by atoms with Crippen LogP contribution in [0.1, 0.15) is 17.3 Å². The molecule has 2 heterocycles. The number of anilines is 1. The minimum atomic E-state index is 0.150. The minimum Gasteiger partial charge on any atom is -0.371 e. The Morgan fingerprint density at radius 3 is 2.55 bits per heavy atom. The first-order chi connectivity index (χ1) is 9.83. The van der Waals surface area contributed by atoms with Gasteiger partial charge in [-0.25, -0.2) is 0 Å². The molecular weight excluding hydrogens is 268 g/mol. The number of benzene rings is 2. The number of aromatic nitrogens is 1. The van der Waals surface area contributed by atoms with E-state index in [1.165, 1.54) is 16.9 Å². The third-order valence-corrected chi connectivity index (χ3v) is 3.99. The van der Waals surface area contributed by atoms with E-state index in [1.807, 2.05) is 12.1 Å². The van der Waals surface area contributed by atoms with E-state index in [0.29, 0.717) is 0 Å². The zero-order valence-electron chi connectivity index (χ0n) is 10.8. The molecule has 1 aromatic heterocycles. The average Bonchev–Trinajstić information content (AvgIpc) is 2.97. The molecular formula is C17H13ClN2. The maximum atomic E-state index is 5.99. The Morgan fingerprint density at radius 2 is 1.70 bits per heavy atom. The molecule has 0 saturated heterocycles. The Hall–Kier alpha value is -2.19. The molecule has 20 heavy (non-hydrogen) atoms. The normalized spacial score (nSPS) is 16.1. The first-order valence-corrected chi connectivity index (χ1v) is 6.99. The highest BCUT2D eigenvalue weighted by Gasteiger charge is 2.24. The second kappa shape index (κ2) is 4.43. The molecule has 0 bridgehead atoms. The summed E-state index contributed by atoms with van der Waals surface area (Å²) in [6, 6.07) is 20.8. The van der Waals surface area contributed by atoms with Crippen molar-refractivity contribution in [3.8, 4) is 5.69 Å². The molecule has 3 heteroatoms. The summed E-state index contributed by atoms with van der Waals surface area (Å²) >= 11 is 5.99. The van der Waals surface area contributed by atoms with Gasteiger partial charge >= 0.3 is 0 Å². The van der Waals surface area contributed by atoms with Gasteiger partial charge in [0.2, 0.25) is 0 Å². The van der Waals surface area contributed by atoms with Gasteiger partial charge in [0.15, 0.2) is 0 Å². The van der Waals surface area contributed by atoms with Crippen LogP contribution in [0.15, 0.2) is 66.9 Å². The standard InChI is InChI=1S/C17H13ClN2/c18-13-9-7-12(8-10-13)17-16-6-3-11-20(16)15-5-2-1-4-14(15)19-17/h1-11,17,19H/t17-/m0/s1. The van der Waals surface area contributed by atoms with E-state index in [-0.39, 0.29) is 6.04 Å². The zero-order valence-corrected chi connectivity index (χ0v) is 11.5. The predicted molar refractivity (Wildman–Crippen MR) is 82.7 cm³/mol. The van der Waals surface area contributed by atoms with Crippen molar-refractivity contribution in [2.45, 2.75) is 6.04 Å². The van der Waals surface area contributed by atoms with Crippen molar-refractivity contribution in [2.24, 2.45) is 0 Å². The maximum Gasteiger partial charge on any atom is 0.0924 e. The fourth-order valence-corrected chi connectivity index (χ4v) is 2.92. The number of hydrogen-bond donors (Lipinski definition) is 1. The van der Waals surface area contributed by atoms with E-state index < -0.39 is 0 Å². The summed E-state index contributed by atoms with van der Waals surface area (Å²) in [6.07, 6.45) is 2.11. The smallest absolute Gasteiger partial charge is 0.0924 e. The summed E-state index contributed by atoms with van der Waals surface area (Å²) in [7, 11) is 0. The molecule has 3 aromatic rings. The van der Waals surface area contributed by atoms with Gasteiger partial charge in [-0.05, 0) is 42.0 Å². The molecule has 1 aliphatic rings. The van der Waals surface area contributed by atoms with Gasteiger partial charge < -0.3 is 9.88 Å². The van der Waals surface area contributed by atoms with Crippen LogP contribution in [0.25, 0.3) is 5.69 Å². The van der Waals surface area contributed by atoms with Crippen LogP contribution in [0.2, 0.25) is 5.02 Å². The molecule has 0 radical (unpaired) electrons. The van der Waals surface area contributed by atoms with E-state index in [2.05, 4.69) is 64.6 Å². The molecule has 0 spiro atoms. The van der Waals surface area contributed by atoms with Crippen LogP contribution in [-0.4, -0.2) is 4.57 Å². The van der Waals surface area contributed by atoms with Gasteiger partial charge in [0.05, 0.1) is 17.4 Å². The number of para-hydroxylation sites is 2. The molecule has 0 unspecified atom stereocenters. The summed E-state index contributed by atoms with van der Waals surface area (Å²) in [5.41, 5.74) is 4.80. The largest absolute Gasteiger partial charge is 0.371 e. The van der Waals surface area contributed by atoms with Gasteiger partial charge in [-0.1, -0.05) is 35.9 Å². The Morgan fingerprint density at radius 1 is 0.900 bits per heavy atom. The van der Waals surface area contributed by atoms with Gasteiger partial charge in [0, 0.05) is 16.9 Å². The average molecular weight is 281 g/mol. The molecule has 1 atom stereocenters. The molecule has 0 amide bonds. The summed E-state index contributed by atoms with van der Waals surface area (Å²) in [4.78, 5) is 0. The second-order valence-electron chi connectivity index (χ2n) is 4.95. The van der Waals surface area contributed by atoms with Gasteiger partial charge in [-0.3, -0.25) is 0 Å². The first kappa shape index (κ1) is 11.6. The molecule has 0 fully saturated rings. The molecule has 1 aliphatic heterocycles. The third kappa shape index (κ3) is 1.73. The monoisotopic (exact) mass is 280 g/mol. The number of rotatable bonds is 1. The Bertz CT molecular complexity index is 759. The van der Waals surface area contributed by atoms with Gasteiger partial charge in [-0.15, -0.1) is 0 Å². The molecule has 0 aliphatic carbocycles. The van der Waals surface area contributed by atoms with Crippen LogP contribution in [0, 0.1) is 0 Å². The lowest BCUT2D eigenvalue weighted by atomic mass is 10.0. The SMILES string of the molecule is Clc1ccc([C@@H]2Nc3ccccc3-n3cccc32)cc1. The second-order valence-corrected chi connectivity index (χ2v) is 5.39. The van der Waals surface area contributed by atoms with Crippen LogP contribution in [-0.2, 0) is 0 Å². The highest BCUT2D eigenvalue weighted by Crippen LogP contribution is 2.36. The molecule has 98 valence electrons. The van der Waals surface area contributed by atoms with Crippen LogP contribution < -0.4 is 5.32 Å². The first-order valence-electron chi connectivity index (χ1n) is 6.61. The van der Waals surface area contributed by atoms with E-state index in [9.17, 15) is 0 Å². The van der Waals surface area contributed by atoms with Crippen molar-refractivity contribution in [2.75, 3.05) is 5.32 Å². The summed E-state index contributed by atoms with van der Waals surface area (Å²) in [5, 5.41) is 4.38. The Balaban J connectivity index is 1.87. The van der Waals surface area contributed by atoms with Crippen molar-refractivity contribution in [3.05, 3.63) is 83.1 Å². The molecule has 1 N–H and O–H groups in total. The van der Waals surface area contributed by atoms with Crippen molar-refractivity contribution in [1.82, 2.24) is 4.57 Å². The Labute approximate surface area is 122 Å². The van der Waals surface area contributed by atoms with Crippen molar-refractivity contribution >= 4 is 17.3 Å². The fourth-order valence-electron chi connectivity index (χ4n) is 2.79. The molecule has 0 saturated carbocycles. The Kier molecular flexibility index (Phi) is 2.57. The quantitative estimate of drug-likeness (QED) is 0.687. The van der Waals surface area contributed by atoms with Crippen LogP contribution >= 0.6 is 11.6 Å². The minimum absolute atomic E-state index is 0.150. The lowest BCUT2D eigenvalue weighted by Crippen LogP contribution is -2.21. The maximum absolute atomic E-state index is 5.99. The van der Waals surface area contributed by atoms with E-state index >= 15 is 0 Å². The summed E-state index contributed by atoms with van der Waals surface area (Å²) in [5.74, 6) is 0. The van der Waals surface area contributed by atoms with Gasteiger partial charge in [0.1, 0.15) is 0 Å². The molecule has 4 rings (SSSR count). The zero-order chi connectivity index (χ0) is 13.5. The number of hydrogen-bond acceptors (Lipinski definition) is 1.